The summed E-state index contributed by atoms with van der Waals surface area (Å²) in [5, 5.41) is 9.62. The zero-order valence-corrected chi connectivity index (χ0v) is 14.2. The van der Waals surface area contributed by atoms with E-state index in [2.05, 4.69) is 36.2 Å². The Bertz CT molecular complexity index is 728. The second-order valence-electron chi connectivity index (χ2n) is 4.58. The van der Waals surface area contributed by atoms with Crippen LogP contribution in [0.1, 0.15) is 16.8 Å². The number of aryl methyl sites for hydroxylation is 1. The van der Waals surface area contributed by atoms with Crippen LogP contribution in [0.4, 0.5) is 0 Å². The third-order valence-corrected chi connectivity index (χ3v) is 5.20. The first-order valence-corrected chi connectivity index (χ1v) is 8.65. The molecule has 0 amide bonds. The molecule has 8 heteroatoms. The van der Waals surface area contributed by atoms with Gasteiger partial charge in [0.25, 0.3) is 10.0 Å². The van der Waals surface area contributed by atoms with Crippen molar-refractivity contribution in [1.82, 2.24) is 20.2 Å². The molecule has 3 N–H and O–H groups in total. The molecule has 21 heavy (non-hydrogen) atoms. The second kappa shape index (κ2) is 6.69. The smallest absolute Gasteiger partial charge is 0.260 e. The fourth-order valence-electron chi connectivity index (χ4n) is 1.92. The maximum absolute atomic E-state index is 12.4. The van der Waals surface area contributed by atoms with Crippen LogP contribution in [0.25, 0.3) is 0 Å². The Kier molecular flexibility index (Phi) is 5.15. The Morgan fingerprint density at radius 3 is 2.67 bits per heavy atom. The van der Waals surface area contributed by atoms with Crippen molar-refractivity contribution in [3.05, 3.63) is 45.6 Å². The summed E-state index contributed by atoms with van der Waals surface area (Å²) in [6, 6.07) is 7.47. The Hall–Kier alpha value is -1.22. The van der Waals surface area contributed by atoms with Gasteiger partial charge >= 0.3 is 0 Å². The zero-order valence-electron chi connectivity index (χ0n) is 11.8. The molecule has 1 heterocycles. The summed E-state index contributed by atoms with van der Waals surface area (Å²) in [6.45, 7) is 2.44. The van der Waals surface area contributed by atoms with Gasteiger partial charge < -0.3 is 5.32 Å². The summed E-state index contributed by atoms with van der Waals surface area (Å²) in [5.41, 5.74) is 2.26. The standard InChI is InChI=1S/C13H17BrN4O2S/c1-9-11(8-15-2)13(18-17-9)21(19,20)16-7-10-5-3-4-6-12(10)14/h3-6,15-16H,7-8H2,1-2H3,(H,17,18). The highest BCUT2D eigenvalue weighted by Crippen LogP contribution is 2.18. The topological polar surface area (TPSA) is 86.9 Å². The minimum absolute atomic E-state index is 0.0430. The first-order chi connectivity index (χ1) is 9.95. The van der Waals surface area contributed by atoms with Crippen LogP contribution in [0.2, 0.25) is 0 Å². The first-order valence-electron chi connectivity index (χ1n) is 6.37. The number of nitrogens with zero attached hydrogens (tertiary/aromatic N) is 1. The minimum Gasteiger partial charge on any atom is -0.316 e. The molecule has 0 fully saturated rings. The van der Waals surface area contributed by atoms with Crippen molar-refractivity contribution in [2.24, 2.45) is 0 Å². The lowest BCUT2D eigenvalue weighted by molar-refractivity contribution is 0.574. The van der Waals surface area contributed by atoms with Crippen molar-refractivity contribution in [3.8, 4) is 0 Å². The third kappa shape index (κ3) is 3.70. The fraction of sp³-hybridized carbons (Fsp3) is 0.308. The number of hydrogen-bond donors (Lipinski definition) is 3. The molecule has 0 radical (unpaired) electrons. The van der Waals surface area contributed by atoms with Gasteiger partial charge in [0.05, 0.1) is 0 Å². The van der Waals surface area contributed by atoms with Crippen LogP contribution >= 0.6 is 15.9 Å². The van der Waals surface area contributed by atoms with Gasteiger partial charge in [-0.05, 0) is 25.6 Å². The Balaban J connectivity index is 2.21. The average Bonchev–Trinajstić information content (AvgIpc) is 2.81. The van der Waals surface area contributed by atoms with Crippen LogP contribution < -0.4 is 10.0 Å². The molecule has 2 aromatic rings. The average molecular weight is 373 g/mol. The predicted molar refractivity (Wildman–Crippen MR) is 84.3 cm³/mol. The molecule has 0 bridgehead atoms. The van der Waals surface area contributed by atoms with Gasteiger partial charge in [-0.3, -0.25) is 5.10 Å². The van der Waals surface area contributed by atoms with E-state index in [0.717, 1.165) is 15.7 Å². The molecule has 0 atom stereocenters. The minimum atomic E-state index is -3.66. The molecule has 0 aliphatic heterocycles. The molecule has 6 nitrogen and oxygen atoms in total. The van der Waals surface area contributed by atoms with E-state index in [-0.39, 0.29) is 11.6 Å². The summed E-state index contributed by atoms with van der Waals surface area (Å²) in [5.74, 6) is 0. The number of benzene rings is 1. The number of sulfonamides is 1. The molecule has 0 aliphatic rings. The van der Waals surface area contributed by atoms with E-state index in [4.69, 9.17) is 0 Å². The third-order valence-electron chi connectivity index (χ3n) is 3.05. The molecule has 0 saturated carbocycles. The van der Waals surface area contributed by atoms with Gasteiger partial charge in [0, 0.05) is 28.8 Å². The first kappa shape index (κ1) is 16.2. The van der Waals surface area contributed by atoms with E-state index in [0.29, 0.717) is 12.1 Å². The van der Waals surface area contributed by atoms with Crippen LogP contribution in [-0.4, -0.2) is 25.7 Å². The van der Waals surface area contributed by atoms with Crippen molar-refractivity contribution in [1.29, 1.82) is 0 Å². The van der Waals surface area contributed by atoms with E-state index < -0.39 is 10.0 Å². The molecule has 114 valence electrons. The summed E-state index contributed by atoms with van der Waals surface area (Å²) in [7, 11) is -1.90. The summed E-state index contributed by atoms with van der Waals surface area (Å²) < 4.78 is 28.2. The Morgan fingerprint density at radius 1 is 1.29 bits per heavy atom. The number of aromatic nitrogens is 2. The van der Waals surface area contributed by atoms with Crippen LogP contribution in [0.5, 0.6) is 0 Å². The summed E-state index contributed by atoms with van der Waals surface area (Å²) in [4.78, 5) is 0. The van der Waals surface area contributed by atoms with Crippen molar-refractivity contribution >= 4 is 26.0 Å². The summed E-state index contributed by atoms with van der Waals surface area (Å²) in [6.07, 6.45) is 0. The van der Waals surface area contributed by atoms with Gasteiger partial charge in [0.15, 0.2) is 5.03 Å². The highest BCUT2D eigenvalue weighted by Gasteiger charge is 2.23. The molecule has 0 aliphatic carbocycles. The van der Waals surface area contributed by atoms with E-state index in [1.165, 1.54) is 0 Å². The SMILES string of the molecule is CNCc1c(S(=O)(=O)NCc2ccccc2Br)n[nH]c1C. The number of aromatic amines is 1. The lowest BCUT2D eigenvalue weighted by Gasteiger charge is -2.08. The maximum atomic E-state index is 12.4. The van der Waals surface area contributed by atoms with Crippen LogP contribution in [-0.2, 0) is 23.1 Å². The molecular formula is C13H17BrN4O2S. The Morgan fingerprint density at radius 2 is 2.00 bits per heavy atom. The highest BCUT2D eigenvalue weighted by molar-refractivity contribution is 9.10. The lowest BCUT2D eigenvalue weighted by atomic mass is 10.2. The van der Waals surface area contributed by atoms with E-state index >= 15 is 0 Å². The van der Waals surface area contributed by atoms with Crippen molar-refractivity contribution in [2.45, 2.75) is 25.0 Å². The number of halogens is 1. The predicted octanol–water partition coefficient (Wildman–Crippen LogP) is 1.68. The molecule has 1 aromatic heterocycles. The van der Waals surface area contributed by atoms with Crippen molar-refractivity contribution in [2.75, 3.05) is 7.05 Å². The largest absolute Gasteiger partial charge is 0.316 e. The summed E-state index contributed by atoms with van der Waals surface area (Å²) >= 11 is 3.40. The van der Waals surface area contributed by atoms with E-state index in [9.17, 15) is 8.42 Å². The monoisotopic (exact) mass is 372 g/mol. The van der Waals surface area contributed by atoms with Crippen molar-refractivity contribution in [3.63, 3.8) is 0 Å². The molecule has 0 spiro atoms. The molecular weight excluding hydrogens is 356 g/mol. The Labute approximate surface area is 132 Å². The van der Waals surface area contributed by atoms with E-state index in [1.807, 2.05) is 24.3 Å². The van der Waals surface area contributed by atoms with Gasteiger partial charge in [-0.15, -0.1) is 0 Å². The number of nitrogens with one attached hydrogen (secondary N) is 3. The lowest BCUT2D eigenvalue weighted by Crippen LogP contribution is -2.25. The van der Waals surface area contributed by atoms with Gasteiger partial charge in [0.2, 0.25) is 0 Å². The molecule has 0 saturated heterocycles. The zero-order chi connectivity index (χ0) is 15.5. The second-order valence-corrected chi connectivity index (χ2v) is 7.12. The molecule has 2 rings (SSSR count). The van der Waals surface area contributed by atoms with Crippen LogP contribution in [0, 0.1) is 6.92 Å². The number of hydrogen-bond acceptors (Lipinski definition) is 4. The van der Waals surface area contributed by atoms with Crippen LogP contribution in [0.3, 0.4) is 0 Å². The van der Waals surface area contributed by atoms with Gasteiger partial charge in [-0.1, -0.05) is 34.1 Å². The molecule has 0 unspecified atom stereocenters. The van der Waals surface area contributed by atoms with Gasteiger partial charge in [-0.2, -0.15) is 5.10 Å². The molecule has 1 aromatic carbocycles. The van der Waals surface area contributed by atoms with Gasteiger partial charge in [0.1, 0.15) is 0 Å². The maximum Gasteiger partial charge on any atom is 0.260 e. The highest BCUT2D eigenvalue weighted by atomic mass is 79.9. The van der Waals surface area contributed by atoms with E-state index in [1.54, 1.807) is 14.0 Å². The normalized spacial score (nSPS) is 11.8. The quantitative estimate of drug-likeness (QED) is 0.719. The van der Waals surface area contributed by atoms with Crippen LogP contribution in [0.15, 0.2) is 33.8 Å². The number of rotatable bonds is 6. The van der Waals surface area contributed by atoms with Crippen molar-refractivity contribution < 1.29 is 8.42 Å². The van der Waals surface area contributed by atoms with Gasteiger partial charge in [-0.25, -0.2) is 13.1 Å². The fourth-order valence-corrected chi connectivity index (χ4v) is 3.54. The number of H-pyrrole nitrogens is 1.